The van der Waals surface area contributed by atoms with Crippen LogP contribution < -0.4 is 10.1 Å². The molecule has 0 bridgehead atoms. The van der Waals surface area contributed by atoms with Crippen molar-refractivity contribution in [2.24, 2.45) is 0 Å². The molecule has 22 heavy (non-hydrogen) atoms. The Morgan fingerprint density at radius 3 is 2.59 bits per heavy atom. The second-order valence-corrected chi connectivity index (χ2v) is 4.81. The van der Waals surface area contributed by atoms with Gasteiger partial charge in [-0.25, -0.2) is 4.39 Å². The molecule has 0 aliphatic heterocycles. The molecule has 0 fully saturated rings. The van der Waals surface area contributed by atoms with Crippen molar-refractivity contribution >= 4 is 5.69 Å². The van der Waals surface area contributed by atoms with Crippen molar-refractivity contribution in [3.63, 3.8) is 0 Å². The van der Waals surface area contributed by atoms with E-state index in [2.05, 4.69) is 5.32 Å². The molecule has 0 spiro atoms. The predicted octanol–water partition coefficient (Wildman–Crippen LogP) is 3.24. The smallest absolute Gasteiger partial charge is 0.141 e. The van der Waals surface area contributed by atoms with Gasteiger partial charge in [0.1, 0.15) is 24.2 Å². The van der Waals surface area contributed by atoms with Crippen LogP contribution in [0.4, 0.5) is 10.1 Å². The maximum absolute atomic E-state index is 13.6. The minimum Gasteiger partial charge on any atom is -0.491 e. The van der Waals surface area contributed by atoms with Crippen LogP contribution in [0.25, 0.3) is 0 Å². The van der Waals surface area contributed by atoms with E-state index in [0.29, 0.717) is 5.75 Å². The molecule has 1 atom stereocenters. The van der Waals surface area contributed by atoms with Crippen molar-refractivity contribution in [1.82, 2.24) is 0 Å². The van der Waals surface area contributed by atoms with Gasteiger partial charge in [0.25, 0.3) is 0 Å². The molecule has 1 unspecified atom stereocenters. The summed E-state index contributed by atoms with van der Waals surface area (Å²) in [5, 5.41) is 20.7. The van der Waals surface area contributed by atoms with Crippen LogP contribution in [0, 0.1) is 17.1 Å². The van der Waals surface area contributed by atoms with Gasteiger partial charge in [-0.3, -0.25) is 0 Å². The third-order valence-corrected chi connectivity index (χ3v) is 3.21. The molecule has 0 heterocycles. The standard InChI is InChI=1S/C17H17FN2O2/c1-12(13-2-3-14(11-19)17(18)10-13)20-15-4-6-16(7-5-15)22-9-8-21/h2-7,10,12,20-21H,8-9H2,1H3. The van der Waals surface area contributed by atoms with E-state index in [1.54, 1.807) is 24.3 Å². The quantitative estimate of drug-likeness (QED) is 0.859. The number of nitrogens with one attached hydrogen (secondary N) is 1. The topological polar surface area (TPSA) is 65.3 Å². The molecule has 0 aliphatic rings. The van der Waals surface area contributed by atoms with Crippen LogP contribution >= 0.6 is 0 Å². The summed E-state index contributed by atoms with van der Waals surface area (Å²) < 4.78 is 18.9. The highest BCUT2D eigenvalue weighted by molar-refractivity contribution is 5.48. The van der Waals surface area contributed by atoms with Gasteiger partial charge in [0.05, 0.1) is 12.2 Å². The lowest BCUT2D eigenvalue weighted by Gasteiger charge is -2.16. The molecule has 0 aliphatic carbocycles. The van der Waals surface area contributed by atoms with Crippen molar-refractivity contribution in [3.8, 4) is 11.8 Å². The number of hydrogen-bond acceptors (Lipinski definition) is 4. The number of anilines is 1. The van der Waals surface area contributed by atoms with E-state index in [-0.39, 0.29) is 24.8 Å². The summed E-state index contributed by atoms with van der Waals surface area (Å²) >= 11 is 0. The number of nitrogens with zero attached hydrogens (tertiary/aromatic N) is 1. The first-order chi connectivity index (χ1) is 10.6. The number of aliphatic hydroxyl groups excluding tert-OH is 1. The van der Waals surface area contributed by atoms with Gasteiger partial charge in [0, 0.05) is 11.7 Å². The van der Waals surface area contributed by atoms with Crippen LogP contribution in [0.3, 0.4) is 0 Å². The highest BCUT2D eigenvalue weighted by Crippen LogP contribution is 2.23. The summed E-state index contributed by atoms with van der Waals surface area (Å²) in [4.78, 5) is 0. The van der Waals surface area contributed by atoms with Gasteiger partial charge in [-0.15, -0.1) is 0 Å². The Balaban J connectivity index is 2.03. The van der Waals surface area contributed by atoms with Crippen LogP contribution in [0.5, 0.6) is 5.75 Å². The van der Waals surface area contributed by atoms with Crippen molar-refractivity contribution in [2.45, 2.75) is 13.0 Å². The zero-order valence-electron chi connectivity index (χ0n) is 12.2. The Hall–Kier alpha value is -2.58. The fraction of sp³-hybridized carbons (Fsp3) is 0.235. The Bertz CT molecular complexity index is 665. The van der Waals surface area contributed by atoms with Gasteiger partial charge in [-0.1, -0.05) is 6.07 Å². The molecule has 0 aromatic heterocycles. The number of ether oxygens (including phenoxy) is 1. The Kier molecular flexibility index (Phi) is 5.34. The number of aliphatic hydroxyl groups is 1. The SMILES string of the molecule is CC(Nc1ccc(OCCO)cc1)c1ccc(C#N)c(F)c1. The van der Waals surface area contributed by atoms with E-state index < -0.39 is 5.82 Å². The maximum Gasteiger partial charge on any atom is 0.141 e. The van der Waals surface area contributed by atoms with Crippen molar-refractivity contribution in [2.75, 3.05) is 18.5 Å². The van der Waals surface area contributed by atoms with Gasteiger partial charge in [0.15, 0.2) is 0 Å². The Morgan fingerprint density at radius 1 is 1.27 bits per heavy atom. The van der Waals surface area contributed by atoms with E-state index in [1.807, 2.05) is 19.1 Å². The highest BCUT2D eigenvalue weighted by atomic mass is 19.1. The molecule has 2 rings (SSSR count). The lowest BCUT2D eigenvalue weighted by Crippen LogP contribution is -2.07. The number of halogens is 1. The maximum atomic E-state index is 13.6. The summed E-state index contributed by atoms with van der Waals surface area (Å²) in [7, 11) is 0. The van der Waals surface area contributed by atoms with Gasteiger partial charge in [-0.05, 0) is 48.9 Å². The summed E-state index contributed by atoms with van der Waals surface area (Å²) in [6.45, 7) is 2.14. The van der Waals surface area contributed by atoms with Gasteiger partial charge >= 0.3 is 0 Å². The third-order valence-electron chi connectivity index (χ3n) is 3.21. The van der Waals surface area contributed by atoms with Gasteiger partial charge < -0.3 is 15.2 Å². The zero-order chi connectivity index (χ0) is 15.9. The second kappa shape index (κ2) is 7.43. The molecule has 2 aromatic rings. The zero-order valence-corrected chi connectivity index (χ0v) is 12.2. The number of nitriles is 1. The molecule has 114 valence electrons. The molecule has 2 aromatic carbocycles. The van der Waals surface area contributed by atoms with E-state index in [4.69, 9.17) is 15.1 Å². The summed E-state index contributed by atoms with van der Waals surface area (Å²) in [5.41, 5.74) is 1.67. The Morgan fingerprint density at radius 2 is 2.00 bits per heavy atom. The second-order valence-electron chi connectivity index (χ2n) is 4.81. The van der Waals surface area contributed by atoms with E-state index in [9.17, 15) is 4.39 Å². The molecule has 0 saturated carbocycles. The first-order valence-electron chi connectivity index (χ1n) is 6.94. The first kappa shape index (κ1) is 15.8. The van der Waals surface area contributed by atoms with E-state index in [0.717, 1.165) is 11.3 Å². The minimum atomic E-state index is -0.513. The molecule has 5 heteroatoms. The van der Waals surface area contributed by atoms with Crippen molar-refractivity contribution < 1.29 is 14.2 Å². The van der Waals surface area contributed by atoms with Crippen LogP contribution in [0.1, 0.15) is 24.1 Å². The molecular weight excluding hydrogens is 283 g/mol. The van der Waals surface area contributed by atoms with E-state index in [1.165, 1.54) is 12.1 Å². The predicted molar refractivity (Wildman–Crippen MR) is 82.2 cm³/mol. The molecular formula is C17H17FN2O2. The first-order valence-corrected chi connectivity index (χ1v) is 6.94. The average molecular weight is 300 g/mol. The molecule has 4 nitrogen and oxygen atoms in total. The summed E-state index contributed by atoms with van der Waals surface area (Å²) in [6.07, 6.45) is 0. The number of benzene rings is 2. The molecule has 2 N–H and O–H groups in total. The normalized spacial score (nSPS) is 11.5. The fourth-order valence-electron chi connectivity index (χ4n) is 2.04. The lowest BCUT2D eigenvalue weighted by molar-refractivity contribution is 0.201. The van der Waals surface area contributed by atoms with Crippen molar-refractivity contribution in [3.05, 3.63) is 59.4 Å². The average Bonchev–Trinajstić information content (AvgIpc) is 2.54. The Labute approximate surface area is 128 Å². The van der Waals surface area contributed by atoms with Gasteiger partial charge in [0.2, 0.25) is 0 Å². The highest BCUT2D eigenvalue weighted by Gasteiger charge is 2.09. The van der Waals surface area contributed by atoms with Crippen molar-refractivity contribution in [1.29, 1.82) is 5.26 Å². The largest absolute Gasteiger partial charge is 0.491 e. The van der Waals surface area contributed by atoms with E-state index >= 15 is 0 Å². The molecule has 0 amide bonds. The van der Waals surface area contributed by atoms with Crippen LogP contribution in [0.15, 0.2) is 42.5 Å². The van der Waals surface area contributed by atoms with Crippen LogP contribution in [0.2, 0.25) is 0 Å². The monoisotopic (exact) mass is 300 g/mol. The summed E-state index contributed by atoms with van der Waals surface area (Å²) in [5.74, 6) is 0.165. The lowest BCUT2D eigenvalue weighted by atomic mass is 10.1. The molecule has 0 saturated heterocycles. The van der Waals surface area contributed by atoms with Gasteiger partial charge in [-0.2, -0.15) is 5.26 Å². The number of rotatable bonds is 6. The van der Waals surface area contributed by atoms with Crippen LogP contribution in [-0.4, -0.2) is 18.3 Å². The molecule has 0 radical (unpaired) electrons. The van der Waals surface area contributed by atoms with Crippen LogP contribution in [-0.2, 0) is 0 Å². The third kappa shape index (κ3) is 3.96. The summed E-state index contributed by atoms with van der Waals surface area (Å²) in [6, 6.07) is 13.6. The minimum absolute atomic E-state index is 0.0265. The number of hydrogen-bond donors (Lipinski definition) is 2. The fourth-order valence-corrected chi connectivity index (χ4v) is 2.04.